The van der Waals surface area contributed by atoms with E-state index in [1.807, 2.05) is 0 Å². The second-order valence-corrected chi connectivity index (χ2v) is 4.30. The van der Waals surface area contributed by atoms with E-state index in [4.69, 9.17) is 4.74 Å². The van der Waals surface area contributed by atoms with Crippen molar-refractivity contribution < 1.29 is 4.74 Å². The molecule has 2 heterocycles. The lowest BCUT2D eigenvalue weighted by atomic mass is 9.98. The number of ether oxygens (including phenoxy) is 1. The highest BCUT2D eigenvalue weighted by atomic mass is 16.5. The number of unbranched alkanes of at least 4 members (excludes halogenated alkanes) is 1. The Morgan fingerprint density at radius 2 is 2.31 bits per heavy atom. The van der Waals surface area contributed by atoms with Gasteiger partial charge in [0.25, 0.3) is 0 Å². The molecule has 0 saturated carbocycles. The lowest BCUT2D eigenvalue weighted by molar-refractivity contribution is 0.0261. The zero-order valence-electron chi connectivity index (χ0n) is 8.67. The standard InChI is InChI=1S/C11H21NO/c1-2-3-7-12-8-4-5-11-10(12)6-9-13-11/h10-11H,2-9H2,1H3/t10-,11-/m1/s1. The fourth-order valence-electron chi connectivity index (χ4n) is 2.63. The van der Waals surface area contributed by atoms with Crippen molar-refractivity contribution in [2.45, 2.75) is 51.2 Å². The Hall–Kier alpha value is -0.0800. The molecule has 76 valence electrons. The third kappa shape index (κ3) is 2.05. The second-order valence-electron chi connectivity index (χ2n) is 4.30. The molecule has 13 heavy (non-hydrogen) atoms. The van der Waals surface area contributed by atoms with Crippen LogP contribution in [0.3, 0.4) is 0 Å². The molecule has 2 heteroatoms. The summed E-state index contributed by atoms with van der Waals surface area (Å²) in [4.78, 5) is 2.66. The fraction of sp³-hybridized carbons (Fsp3) is 1.00. The number of fused-ring (bicyclic) bond motifs is 1. The molecule has 2 fully saturated rings. The summed E-state index contributed by atoms with van der Waals surface area (Å²) in [6.45, 7) is 5.87. The van der Waals surface area contributed by atoms with E-state index in [2.05, 4.69) is 11.8 Å². The Kier molecular flexibility index (Phi) is 3.23. The van der Waals surface area contributed by atoms with Crippen molar-refractivity contribution in [3.63, 3.8) is 0 Å². The Bertz CT molecular complexity index is 160. The summed E-state index contributed by atoms with van der Waals surface area (Å²) in [6, 6.07) is 0.764. The van der Waals surface area contributed by atoms with Crippen molar-refractivity contribution >= 4 is 0 Å². The number of nitrogens with zero attached hydrogens (tertiary/aromatic N) is 1. The number of likely N-dealkylation sites (tertiary alicyclic amines) is 1. The van der Waals surface area contributed by atoms with Crippen LogP contribution in [-0.4, -0.2) is 36.7 Å². The quantitative estimate of drug-likeness (QED) is 0.664. The second kappa shape index (κ2) is 4.43. The van der Waals surface area contributed by atoms with Crippen LogP contribution in [0.5, 0.6) is 0 Å². The molecule has 0 aromatic carbocycles. The predicted molar refractivity (Wildman–Crippen MR) is 53.9 cm³/mol. The summed E-state index contributed by atoms with van der Waals surface area (Å²) in [6.07, 6.45) is 7.15. The molecule has 0 N–H and O–H groups in total. The van der Waals surface area contributed by atoms with Crippen molar-refractivity contribution in [1.29, 1.82) is 0 Å². The van der Waals surface area contributed by atoms with E-state index in [-0.39, 0.29) is 0 Å². The van der Waals surface area contributed by atoms with Gasteiger partial charge in [-0.15, -0.1) is 0 Å². The third-order valence-electron chi connectivity index (χ3n) is 3.38. The largest absolute Gasteiger partial charge is 0.377 e. The van der Waals surface area contributed by atoms with Gasteiger partial charge in [0.15, 0.2) is 0 Å². The van der Waals surface area contributed by atoms with Crippen molar-refractivity contribution in [1.82, 2.24) is 4.90 Å². The van der Waals surface area contributed by atoms with Gasteiger partial charge in [-0.1, -0.05) is 13.3 Å². The molecule has 2 saturated heterocycles. The van der Waals surface area contributed by atoms with Gasteiger partial charge >= 0.3 is 0 Å². The van der Waals surface area contributed by atoms with Gasteiger partial charge in [0.2, 0.25) is 0 Å². The highest BCUT2D eigenvalue weighted by molar-refractivity contribution is 4.88. The van der Waals surface area contributed by atoms with Crippen LogP contribution in [0.4, 0.5) is 0 Å². The highest BCUT2D eigenvalue weighted by Gasteiger charge is 2.35. The minimum absolute atomic E-state index is 0.575. The molecule has 0 aromatic rings. The van der Waals surface area contributed by atoms with E-state index in [0.717, 1.165) is 12.6 Å². The summed E-state index contributed by atoms with van der Waals surface area (Å²) >= 11 is 0. The molecule has 0 aromatic heterocycles. The van der Waals surface area contributed by atoms with Crippen LogP contribution < -0.4 is 0 Å². The first-order chi connectivity index (χ1) is 6.42. The maximum Gasteiger partial charge on any atom is 0.0731 e. The summed E-state index contributed by atoms with van der Waals surface area (Å²) < 4.78 is 5.73. The minimum Gasteiger partial charge on any atom is -0.377 e. The Morgan fingerprint density at radius 3 is 3.15 bits per heavy atom. The van der Waals surface area contributed by atoms with Gasteiger partial charge in [0, 0.05) is 12.6 Å². The number of hydrogen-bond acceptors (Lipinski definition) is 2. The molecule has 0 spiro atoms. The SMILES string of the molecule is CCCCN1CCC[C@H]2OCC[C@H]21. The fourth-order valence-corrected chi connectivity index (χ4v) is 2.63. The van der Waals surface area contributed by atoms with Crippen molar-refractivity contribution in [2.75, 3.05) is 19.7 Å². The first-order valence-electron chi connectivity index (χ1n) is 5.77. The number of piperidine rings is 1. The zero-order chi connectivity index (χ0) is 9.10. The summed E-state index contributed by atoms with van der Waals surface area (Å²) in [5.74, 6) is 0. The molecule has 0 unspecified atom stereocenters. The molecular weight excluding hydrogens is 162 g/mol. The van der Waals surface area contributed by atoms with Gasteiger partial charge in [-0.05, 0) is 38.8 Å². The van der Waals surface area contributed by atoms with Crippen LogP contribution in [-0.2, 0) is 4.74 Å². The molecule has 2 nitrogen and oxygen atoms in total. The zero-order valence-corrected chi connectivity index (χ0v) is 8.67. The van der Waals surface area contributed by atoms with Crippen molar-refractivity contribution in [3.8, 4) is 0 Å². The average molecular weight is 183 g/mol. The molecule has 0 radical (unpaired) electrons. The van der Waals surface area contributed by atoms with Crippen molar-refractivity contribution in [3.05, 3.63) is 0 Å². The molecule has 0 bridgehead atoms. The molecule has 2 aliphatic heterocycles. The Labute approximate surface area is 81.3 Å². The van der Waals surface area contributed by atoms with E-state index < -0.39 is 0 Å². The molecule has 2 atom stereocenters. The molecule has 2 aliphatic rings. The maximum atomic E-state index is 5.73. The van der Waals surface area contributed by atoms with E-state index in [0.29, 0.717) is 6.10 Å². The molecule has 0 aliphatic carbocycles. The first-order valence-corrected chi connectivity index (χ1v) is 5.77. The van der Waals surface area contributed by atoms with E-state index in [1.54, 1.807) is 0 Å². The van der Waals surface area contributed by atoms with Crippen LogP contribution in [0.15, 0.2) is 0 Å². The van der Waals surface area contributed by atoms with Gasteiger partial charge in [0.1, 0.15) is 0 Å². The van der Waals surface area contributed by atoms with Crippen LogP contribution in [0.2, 0.25) is 0 Å². The number of rotatable bonds is 3. The van der Waals surface area contributed by atoms with Crippen LogP contribution in [0.25, 0.3) is 0 Å². The van der Waals surface area contributed by atoms with Crippen LogP contribution in [0, 0.1) is 0 Å². The highest BCUT2D eigenvalue weighted by Crippen LogP contribution is 2.28. The van der Waals surface area contributed by atoms with Gasteiger partial charge in [-0.25, -0.2) is 0 Å². The molecule has 2 rings (SSSR count). The van der Waals surface area contributed by atoms with Gasteiger partial charge in [-0.3, -0.25) is 4.90 Å². The smallest absolute Gasteiger partial charge is 0.0731 e. The number of hydrogen-bond donors (Lipinski definition) is 0. The molecule has 0 amide bonds. The first kappa shape index (κ1) is 9.47. The van der Waals surface area contributed by atoms with Gasteiger partial charge in [0.05, 0.1) is 6.10 Å². The van der Waals surface area contributed by atoms with Gasteiger partial charge < -0.3 is 4.74 Å². The molecular formula is C11H21NO. The summed E-state index contributed by atoms with van der Waals surface area (Å²) in [5.41, 5.74) is 0. The topological polar surface area (TPSA) is 12.5 Å². The van der Waals surface area contributed by atoms with E-state index in [1.165, 1.54) is 45.2 Å². The lowest BCUT2D eigenvalue weighted by Crippen LogP contribution is -2.45. The third-order valence-corrected chi connectivity index (χ3v) is 3.38. The minimum atomic E-state index is 0.575. The summed E-state index contributed by atoms with van der Waals surface area (Å²) in [7, 11) is 0. The predicted octanol–water partition coefficient (Wildman–Crippen LogP) is 2.04. The normalized spacial score (nSPS) is 34.8. The Morgan fingerprint density at radius 1 is 1.38 bits per heavy atom. The van der Waals surface area contributed by atoms with Crippen molar-refractivity contribution in [2.24, 2.45) is 0 Å². The maximum absolute atomic E-state index is 5.73. The van der Waals surface area contributed by atoms with Gasteiger partial charge in [-0.2, -0.15) is 0 Å². The van der Waals surface area contributed by atoms with E-state index in [9.17, 15) is 0 Å². The monoisotopic (exact) mass is 183 g/mol. The van der Waals surface area contributed by atoms with Crippen LogP contribution >= 0.6 is 0 Å². The average Bonchev–Trinajstić information content (AvgIpc) is 2.62. The van der Waals surface area contributed by atoms with Crippen LogP contribution in [0.1, 0.15) is 39.0 Å². The summed E-state index contributed by atoms with van der Waals surface area (Å²) in [5, 5.41) is 0. The lowest BCUT2D eigenvalue weighted by Gasteiger charge is -2.36. The Balaban J connectivity index is 1.86. The van der Waals surface area contributed by atoms with E-state index >= 15 is 0 Å².